The summed E-state index contributed by atoms with van der Waals surface area (Å²) in [5.41, 5.74) is 1.72. The van der Waals surface area contributed by atoms with Crippen molar-refractivity contribution in [3.05, 3.63) is 72.3 Å². The number of amides is 3. The van der Waals surface area contributed by atoms with Crippen molar-refractivity contribution in [2.45, 2.75) is 37.8 Å². The number of nitrogens with one attached hydrogen (secondary N) is 3. The van der Waals surface area contributed by atoms with E-state index in [2.05, 4.69) is 40.2 Å². The second-order valence-electron chi connectivity index (χ2n) is 8.40. The summed E-state index contributed by atoms with van der Waals surface area (Å²) in [4.78, 5) is 26.9. The van der Waals surface area contributed by atoms with Crippen LogP contribution in [0.3, 0.4) is 0 Å². The zero-order valence-electron chi connectivity index (χ0n) is 17.6. The van der Waals surface area contributed by atoms with Crippen molar-refractivity contribution in [2.24, 2.45) is 0 Å². The van der Waals surface area contributed by atoms with E-state index in [1.165, 1.54) is 10.3 Å². The van der Waals surface area contributed by atoms with E-state index < -0.39 is 5.54 Å². The van der Waals surface area contributed by atoms with Gasteiger partial charge in [0.15, 0.2) is 5.11 Å². The molecule has 0 atom stereocenters. The molecule has 1 spiro atoms. The maximum Gasteiger partial charge on any atom is 0.329 e. The van der Waals surface area contributed by atoms with Crippen LogP contribution in [0.2, 0.25) is 0 Å². The van der Waals surface area contributed by atoms with Crippen molar-refractivity contribution < 1.29 is 9.59 Å². The van der Waals surface area contributed by atoms with E-state index in [1.807, 2.05) is 36.4 Å². The molecule has 2 aliphatic rings. The smallest absolute Gasteiger partial charge is 0.329 e. The molecule has 2 fully saturated rings. The van der Waals surface area contributed by atoms with Crippen LogP contribution in [-0.2, 0) is 11.3 Å². The zero-order chi connectivity index (χ0) is 22.1. The van der Waals surface area contributed by atoms with Gasteiger partial charge in [-0.3, -0.25) is 4.79 Å². The molecule has 3 N–H and O–H groups in total. The average Bonchev–Trinajstić information content (AvgIpc) is 3.36. The monoisotopic (exact) mass is 444 g/mol. The number of hydrogen-bond donors (Lipinski definition) is 3. The van der Waals surface area contributed by atoms with Crippen LogP contribution in [0.25, 0.3) is 10.8 Å². The molecule has 1 aliphatic heterocycles. The Labute approximate surface area is 192 Å². The molecular weight excluding hydrogens is 420 g/mol. The molecule has 0 bridgehead atoms. The second kappa shape index (κ2) is 8.24. The SMILES string of the molecule is O=C1NC2(CCCC2)C(=O)N1c1cccc(CNC(=S)Nc2ccc3ccccc3c2)c1. The quantitative estimate of drug-likeness (QED) is 0.402. The molecular formula is C25H24N4O2S. The molecule has 3 aromatic carbocycles. The molecule has 0 unspecified atom stereocenters. The Morgan fingerprint density at radius 2 is 1.75 bits per heavy atom. The topological polar surface area (TPSA) is 73.5 Å². The normalized spacial score (nSPS) is 17.1. The van der Waals surface area contributed by atoms with E-state index in [9.17, 15) is 9.59 Å². The fraction of sp³-hybridized carbons (Fsp3) is 0.240. The Bertz CT molecular complexity index is 1220. The first-order chi connectivity index (χ1) is 15.5. The summed E-state index contributed by atoms with van der Waals surface area (Å²) < 4.78 is 0. The standard InChI is InChI=1S/C25H24N4O2S/c30-22-25(12-3-4-13-25)28-24(31)29(22)21-9-5-6-17(14-21)16-26-23(32)27-20-11-10-18-7-1-2-8-19(18)15-20/h1-2,5-11,14-15H,3-4,12-13,16H2,(H,28,31)(H2,26,27,32). The van der Waals surface area contributed by atoms with Crippen LogP contribution < -0.4 is 20.9 Å². The van der Waals surface area contributed by atoms with Gasteiger partial charge in [-0.1, -0.05) is 55.3 Å². The minimum absolute atomic E-state index is 0.140. The summed E-state index contributed by atoms with van der Waals surface area (Å²) in [6.45, 7) is 0.474. The fourth-order valence-corrected chi connectivity index (χ4v) is 4.79. The molecule has 5 rings (SSSR count). The third-order valence-corrected chi connectivity index (χ3v) is 6.49. The number of benzene rings is 3. The summed E-state index contributed by atoms with van der Waals surface area (Å²) in [6, 6.07) is 21.4. The molecule has 6 nitrogen and oxygen atoms in total. The maximum absolute atomic E-state index is 13.0. The van der Waals surface area contributed by atoms with Crippen molar-refractivity contribution in [1.82, 2.24) is 10.6 Å². The molecule has 0 aromatic heterocycles. The highest BCUT2D eigenvalue weighted by atomic mass is 32.1. The van der Waals surface area contributed by atoms with E-state index in [1.54, 1.807) is 6.07 Å². The molecule has 0 radical (unpaired) electrons. The Morgan fingerprint density at radius 3 is 2.56 bits per heavy atom. The van der Waals surface area contributed by atoms with E-state index in [-0.39, 0.29) is 11.9 Å². The third kappa shape index (κ3) is 3.80. The van der Waals surface area contributed by atoms with Gasteiger partial charge in [-0.25, -0.2) is 9.69 Å². The van der Waals surface area contributed by atoms with Crippen molar-refractivity contribution in [1.29, 1.82) is 0 Å². The van der Waals surface area contributed by atoms with Crippen LogP contribution in [-0.4, -0.2) is 22.6 Å². The summed E-state index contributed by atoms with van der Waals surface area (Å²) in [6.07, 6.45) is 3.35. The number of thiocarbonyl (C=S) groups is 1. The number of carbonyl (C=O) groups is 2. The summed E-state index contributed by atoms with van der Waals surface area (Å²) in [5, 5.41) is 12.2. The number of fused-ring (bicyclic) bond motifs is 1. The van der Waals surface area contributed by atoms with Gasteiger partial charge in [0.25, 0.3) is 5.91 Å². The Kier molecular flexibility index (Phi) is 5.27. The number of urea groups is 1. The van der Waals surface area contributed by atoms with Gasteiger partial charge in [-0.2, -0.15) is 0 Å². The van der Waals surface area contributed by atoms with Gasteiger partial charge in [-0.15, -0.1) is 0 Å². The maximum atomic E-state index is 13.0. The van der Waals surface area contributed by atoms with Crippen LogP contribution in [0.15, 0.2) is 66.7 Å². The van der Waals surface area contributed by atoms with Gasteiger partial charge in [0, 0.05) is 12.2 Å². The van der Waals surface area contributed by atoms with Crippen LogP contribution in [0.4, 0.5) is 16.2 Å². The van der Waals surface area contributed by atoms with Crippen LogP contribution >= 0.6 is 12.2 Å². The van der Waals surface area contributed by atoms with E-state index in [0.29, 0.717) is 30.2 Å². The largest absolute Gasteiger partial charge is 0.358 e. The molecule has 162 valence electrons. The number of carbonyl (C=O) groups excluding carboxylic acids is 2. The predicted octanol–water partition coefficient (Wildman–Crippen LogP) is 4.70. The van der Waals surface area contributed by atoms with Crippen LogP contribution in [0, 0.1) is 0 Å². The van der Waals surface area contributed by atoms with Gasteiger partial charge in [0.2, 0.25) is 0 Å². The lowest BCUT2D eigenvalue weighted by molar-refractivity contribution is -0.121. The molecule has 1 saturated heterocycles. The van der Waals surface area contributed by atoms with Crippen LogP contribution in [0.1, 0.15) is 31.2 Å². The first kappa shape index (κ1) is 20.5. The minimum atomic E-state index is -0.712. The lowest BCUT2D eigenvalue weighted by atomic mass is 9.98. The molecule has 3 amide bonds. The van der Waals surface area contributed by atoms with Gasteiger partial charge >= 0.3 is 6.03 Å². The Morgan fingerprint density at radius 1 is 0.969 bits per heavy atom. The highest BCUT2D eigenvalue weighted by molar-refractivity contribution is 7.80. The molecule has 1 heterocycles. The summed E-state index contributed by atoms with van der Waals surface area (Å²) in [5.74, 6) is -0.140. The first-order valence-electron chi connectivity index (χ1n) is 10.8. The summed E-state index contributed by atoms with van der Waals surface area (Å²) >= 11 is 5.45. The predicted molar refractivity (Wildman–Crippen MR) is 131 cm³/mol. The van der Waals surface area contributed by atoms with Crippen LogP contribution in [0.5, 0.6) is 0 Å². The van der Waals surface area contributed by atoms with Gasteiger partial charge in [0.1, 0.15) is 5.54 Å². The molecule has 32 heavy (non-hydrogen) atoms. The van der Waals surface area contributed by atoms with E-state index in [0.717, 1.165) is 29.5 Å². The lowest BCUT2D eigenvalue weighted by Gasteiger charge is -2.20. The van der Waals surface area contributed by atoms with Crippen molar-refractivity contribution >= 4 is 51.4 Å². The third-order valence-electron chi connectivity index (χ3n) is 6.25. The highest BCUT2D eigenvalue weighted by Gasteiger charge is 2.52. The van der Waals surface area contributed by atoms with Crippen molar-refractivity contribution in [3.8, 4) is 0 Å². The number of nitrogens with zero attached hydrogens (tertiary/aromatic N) is 1. The number of anilines is 2. The molecule has 3 aromatic rings. The van der Waals surface area contributed by atoms with Gasteiger partial charge in [0.05, 0.1) is 5.69 Å². The second-order valence-corrected chi connectivity index (χ2v) is 8.81. The van der Waals surface area contributed by atoms with Gasteiger partial charge < -0.3 is 16.0 Å². The number of hydrogen-bond acceptors (Lipinski definition) is 3. The Balaban J connectivity index is 1.24. The van der Waals surface area contributed by atoms with E-state index >= 15 is 0 Å². The average molecular weight is 445 g/mol. The summed E-state index contributed by atoms with van der Waals surface area (Å²) in [7, 11) is 0. The van der Waals surface area contributed by atoms with E-state index in [4.69, 9.17) is 12.2 Å². The molecule has 1 saturated carbocycles. The number of imide groups is 1. The number of rotatable bonds is 4. The highest BCUT2D eigenvalue weighted by Crippen LogP contribution is 2.37. The minimum Gasteiger partial charge on any atom is -0.358 e. The van der Waals surface area contributed by atoms with Crippen molar-refractivity contribution in [3.63, 3.8) is 0 Å². The zero-order valence-corrected chi connectivity index (χ0v) is 18.4. The fourth-order valence-electron chi connectivity index (χ4n) is 4.60. The van der Waals surface area contributed by atoms with Gasteiger partial charge in [-0.05, 0) is 65.7 Å². The van der Waals surface area contributed by atoms with Crippen molar-refractivity contribution in [2.75, 3.05) is 10.2 Å². The molecule has 1 aliphatic carbocycles. The lowest BCUT2D eigenvalue weighted by Crippen LogP contribution is -2.44. The first-order valence-corrected chi connectivity index (χ1v) is 11.2. The molecule has 7 heteroatoms. The Hall–Kier alpha value is -3.45.